The minimum atomic E-state index is -0.0755. The Morgan fingerprint density at radius 1 is 1.06 bits per heavy atom. The third-order valence-corrected chi connectivity index (χ3v) is 7.11. The van der Waals surface area contributed by atoms with Crippen molar-refractivity contribution in [3.05, 3.63) is 78.4 Å². The third-order valence-electron chi connectivity index (χ3n) is 7.11. The Kier molecular flexibility index (Phi) is 7.73. The average Bonchev–Trinajstić information content (AvgIpc) is 3.69. The lowest BCUT2D eigenvalue weighted by molar-refractivity contribution is -0.120. The molecule has 0 radical (unpaired) electrons. The number of carbonyl (C=O) groups excluding carboxylic acids is 1. The van der Waals surface area contributed by atoms with Crippen LogP contribution < -0.4 is 10.6 Å². The summed E-state index contributed by atoms with van der Waals surface area (Å²) in [6.45, 7) is 7.01. The van der Waals surface area contributed by atoms with E-state index in [1.165, 1.54) is 11.1 Å². The highest BCUT2D eigenvalue weighted by Gasteiger charge is 2.47. The maximum Gasteiger partial charge on any atom is 0.230 e. The number of aromatic nitrogens is 2. The molecule has 1 amide bonds. The van der Waals surface area contributed by atoms with Crippen LogP contribution in [0, 0.1) is 11.8 Å². The van der Waals surface area contributed by atoms with Crippen LogP contribution in [0.4, 0.5) is 5.69 Å². The smallest absolute Gasteiger partial charge is 0.230 e. The highest BCUT2D eigenvalue weighted by atomic mass is 16.2. The standard InChI is InChI=1S/C29H36N4O/c1-4-6-21-7-9-22(10-8-21)23-11-13-24(14-12-23)33(19-27(30)20(3)5-2)29(34)26-17-25(26)28-18-31-15-16-32-28/h7-16,18,20,25-27H,4-6,17,19,30H2,1-3H3/t20-,25?,26?,27+/m0/s1. The van der Waals surface area contributed by atoms with E-state index in [4.69, 9.17) is 5.73 Å². The number of hydrogen-bond donors (Lipinski definition) is 1. The molecule has 2 N–H and O–H groups in total. The van der Waals surface area contributed by atoms with Gasteiger partial charge in [0.15, 0.2) is 0 Å². The fourth-order valence-corrected chi connectivity index (χ4v) is 4.50. The van der Waals surface area contributed by atoms with E-state index in [-0.39, 0.29) is 23.8 Å². The molecular formula is C29H36N4O. The maximum atomic E-state index is 13.6. The summed E-state index contributed by atoms with van der Waals surface area (Å²) in [7, 11) is 0. The lowest BCUT2D eigenvalue weighted by atomic mass is 9.98. The quantitative estimate of drug-likeness (QED) is 0.431. The fourth-order valence-electron chi connectivity index (χ4n) is 4.50. The van der Waals surface area contributed by atoms with Gasteiger partial charge in [-0.15, -0.1) is 0 Å². The molecule has 1 fully saturated rings. The first-order valence-corrected chi connectivity index (χ1v) is 12.5. The Hall–Kier alpha value is -3.05. The average molecular weight is 457 g/mol. The van der Waals surface area contributed by atoms with Crippen LogP contribution in [0.3, 0.4) is 0 Å². The molecule has 4 atom stereocenters. The summed E-state index contributed by atoms with van der Waals surface area (Å²) < 4.78 is 0. The zero-order valence-electron chi connectivity index (χ0n) is 20.5. The van der Waals surface area contributed by atoms with Crippen molar-refractivity contribution in [1.82, 2.24) is 9.97 Å². The number of benzene rings is 2. The third kappa shape index (κ3) is 5.53. The fraction of sp³-hybridized carbons (Fsp3) is 0.414. The van der Waals surface area contributed by atoms with Gasteiger partial charge in [-0.05, 0) is 47.6 Å². The van der Waals surface area contributed by atoms with Gasteiger partial charge in [0.2, 0.25) is 5.91 Å². The summed E-state index contributed by atoms with van der Waals surface area (Å²) in [6.07, 6.45) is 9.18. The molecule has 1 aromatic heterocycles. The first-order chi connectivity index (χ1) is 16.5. The van der Waals surface area contributed by atoms with Gasteiger partial charge >= 0.3 is 0 Å². The molecule has 0 saturated heterocycles. The number of aryl methyl sites for hydroxylation is 1. The molecule has 1 aliphatic rings. The Balaban J connectivity index is 1.54. The predicted molar refractivity (Wildman–Crippen MR) is 139 cm³/mol. The number of amides is 1. The predicted octanol–water partition coefficient (Wildman–Crippen LogP) is 5.61. The van der Waals surface area contributed by atoms with Crippen LogP contribution in [0.1, 0.15) is 57.2 Å². The molecule has 5 heteroatoms. The van der Waals surface area contributed by atoms with Gasteiger partial charge in [0, 0.05) is 48.7 Å². The zero-order chi connectivity index (χ0) is 24.1. The number of rotatable bonds is 10. The minimum Gasteiger partial charge on any atom is -0.326 e. The van der Waals surface area contributed by atoms with Crippen molar-refractivity contribution < 1.29 is 4.79 Å². The molecule has 178 valence electrons. The van der Waals surface area contributed by atoms with Crippen molar-refractivity contribution in [3.63, 3.8) is 0 Å². The summed E-state index contributed by atoms with van der Waals surface area (Å²) in [5, 5.41) is 0. The minimum absolute atomic E-state index is 0.0633. The van der Waals surface area contributed by atoms with Gasteiger partial charge in [-0.1, -0.05) is 70.0 Å². The van der Waals surface area contributed by atoms with Crippen LogP contribution in [0.2, 0.25) is 0 Å². The molecule has 1 aliphatic carbocycles. The lowest BCUT2D eigenvalue weighted by Crippen LogP contribution is -2.45. The van der Waals surface area contributed by atoms with Crippen LogP contribution in [-0.4, -0.2) is 28.5 Å². The summed E-state index contributed by atoms with van der Waals surface area (Å²) in [6, 6.07) is 17.0. The molecule has 4 rings (SSSR count). The Bertz CT molecular complexity index is 1070. The van der Waals surface area contributed by atoms with Gasteiger partial charge in [0.25, 0.3) is 0 Å². The van der Waals surface area contributed by atoms with E-state index < -0.39 is 0 Å². The Morgan fingerprint density at radius 2 is 1.74 bits per heavy atom. The van der Waals surface area contributed by atoms with E-state index in [1.807, 2.05) is 4.90 Å². The number of carbonyl (C=O) groups is 1. The molecule has 1 heterocycles. The van der Waals surface area contributed by atoms with Crippen LogP contribution in [0.5, 0.6) is 0 Å². The van der Waals surface area contributed by atoms with E-state index in [1.54, 1.807) is 18.6 Å². The first-order valence-electron chi connectivity index (χ1n) is 12.5. The van der Waals surface area contributed by atoms with Crippen molar-refractivity contribution in [2.24, 2.45) is 17.6 Å². The van der Waals surface area contributed by atoms with Gasteiger partial charge in [0.05, 0.1) is 5.69 Å². The second kappa shape index (κ2) is 10.9. The highest BCUT2D eigenvalue weighted by molar-refractivity contribution is 5.97. The second-order valence-corrected chi connectivity index (χ2v) is 9.57. The zero-order valence-corrected chi connectivity index (χ0v) is 20.5. The number of hydrogen-bond acceptors (Lipinski definition) is 4. The van der Waals surface area contributed by atoms with Crippen LogP contribution >= 0.6 is 0 Å². The summed E-state index contributed by atoms with van der Waals surface area (Å²) in [4.78, 5) is 24.1. The highest BCUT2D eigenvalue weighted by Crippen LogP contribution is 2.48. The van der Waals surface area contributed by atoms with Crippen molar-refractivity contribution >= 4 is 11.6 Å². The monoisotopic (exact) mass is 456 g/mol. The van der Waals surface area contributed by atoms with E-state index in [0.717, 1.165) is 42.6 Å². The van der Waals surface area contributed by atoms with Gasteiger partial charge in [-0.3, -0.25) is 14.8 Å². The molecule has 2 unspecified atom stereocenters. The molecule has 34 heavy (non-hydrogen) atoms. The van der Waals surface area contributed by atoms with Crippen LogP contribution in [0.25, 0.3) is 11.1 Å². The van der Waals surface area contributed by atoms with E-state index in [0.29, 0.717) is 12.5 Å². The number of anilines is 1. The van der Waals surface area contributed by atoms with E-state index in [2.05, 4.69) is 79.3 Å². The maximum absolute atomic E-state index is 13.6. The molecule has 3 aromatic rings. The summed E-state index contributed by atoms with van der Waals surface area (Å²) in [5.41, 5.74) is 12.0. The van der Waals surface area contributed by atoms with Crippen molar-refractivity contribution in [2.75, 3.05) is 11.4 Å². The Morgan fingerprint density at radius 3 is 2.32 bits per heavy atom. The molecule has 5 nitrogen and oxygen atoms in total. The summed E-state index contributed by atoms with van der Waals surface area (Å²) in [5.74, 6) is 0.549. The molecular weight excluding hydrogens is 420 g/mol. The van der Waals surface area contributed by atoms with Gasteiger partial charge in [-0.2, -0.15) is 0 Å². The van der Waals surface area contributed by atoms with Crippen molar-refractivity contribution in [3.8, 4) is 11.1 Å². The van der Waals surface area contributed by atoms with Gasteiger partial charge in [0.1, 0.15) is 0 Å². The van der Waals surface area contributed by atoms with Crippen molar-refractivity contribution in [1.29, 1.82) is 0 Å². The SMILES string of the molecule is CCCc1ccc(-c2ccc(N(C[C@@H](N)[C@@H](C)CC)C(=O)C3CC3c3cnccn3)cc2)cc1. The molecule has 0 spiro atoms. The largest absolute Gasteiger partial charge is 0.326 e. The number of nitrogens with two attached hydrogens (primary N) is 1. The first kappa shape index (κ1) is 24.1. The Labute approximate surface area is 203 Å². The van der Waals surface area contributed by atoms with Gasteiger partial charge < -0.3 is 10.6 Å². The van der Waals surface area contributed by atoms with Crippen LogP contribution in [0.15, 0.2) is 67.1 Å². The lowest BCUT2D eigenvalue weighted by Gasteiger charge is -2.29. The molecule has 0 bridgehead atoms. The van der Waals surface area contributed by atoms with E-state index >= 15 is 0 Å². The van der Waals surface area contributed by atoms with Crippen LogP contribution in [-0.2, 0) is 11.2 Å². The molecule has 2 aromatic carbocycles. The number of nitrogens with zero attached hydrogens (tertiary/aromatic N) is 3. The van der Waals surface area contributed by atoms with Gasteiger partial charge in [-0.25, -0.2) is 0 Å². The molecule has 0 aliphatic heterocycles. The second-order valence-electron chi connectivity index (χ2n) is 9.57. The normalized spacial score (nSPS) is 18.8. The van der Waals surface area contributed by atoms with Crippen molar-refractivity contribution in [2.45, 2.75) is 58.4 Å². The summed E-state index contributed by atoms with van der Waals surface area (Å²) >= 11 is 0. The topological polar surface area (TPSA) is 72.1 Å². The molecule has 1 saturated carbocycles. The van der Waals surface area contributed by atoms with E-state index in [9.17, 15) is 4.79 Å².